The van der Waals surface area contributed by atoms with Gasteiger partial charge in [0.1, 0.15) is 11.5 Å². The maximum Gasteiger partial charge on any atom is 0.225 e. The number of anilines is 1. The molecule has 0 unspecified atom stereocenters. The van der Waals surface area contributed by atoms with Crippen molar-refractivity contribution in [3.8, 4) is 11.5 Å². The second-order valence-electron chi connectivity index (χ2n) is 6.58. The van der Waals surface area contributed by atoms with E-state index < -0.39 is 0 Å². The number of nitrogens with zero attached hydrogens (tertiary/aromatic N) is 4. The highest BCUT2D eigenvalue weighted by Crippen LogP contribution is 2.28. The van der Waals surface area contributed by atoms with Gasteiger partial charge in [0.05, 0.1) is 19.4 Å². The van der Waals surface area contributed by atoms with Crippen LogP contribution >= 0.6 is 0 Å². The van der Waals surface area contributed by atoms with Crippen LogP contribution in [0.2, 0.25) is 0 Å². The molecule has 7 nitrogen and oxygen atoms in total. The van der Waals surface area contributed by atoms with Gasteiger partial charge >= 0.3 is 0 Å². The summed E-state index contributed by atoms with van der Waals surface area (Å²) in [6, 6.07) is 11.6. The number of rotatable bonds is 7. The first kappa shape index (κ1) is 17.3. The van der Waals surface area contributed by atoms with Crippen molar-refractivity contribution in [2.75, 3.05) is 31.7 Å². The summed E-state index contributed by atoms with van der Waals surface area (Å²) in [4.78, 5) is 10.9. The van der Waals surface area contributed by atoms with E-state index in [-0.39, 0.29) is 0 Å². The standard InChI is InChI=1S/C20H23N5O2/c1-26-17-4-2-5-18(13-17)27-11-7-16-12-19(24-23-16)15-6-10-25(14-15)20-21-8-3-9-22-20/h2-5,8-9,12-13,15H,6-7,10-11,14H2,1H3,(H,23,24)/t15-/m1/s1. The van der Waals surface area contributed by atoms with Crippen molar-refractivity contribution < 1.29 is 9.47 Å². The lowest BCUT2D eigenvalue weighted by atomic mass is 10.0. The van der Waals surface area contributed by atoms with Gasteiger partial charge in [0.15, 0.2) is 0 Å². The van der Waals surface area contributed by atoms with Gasteiger partial charge < -0.3 is 14.4 Å². The Kier molecular flexibility index (Phi) is 5.18. The number of nitrogens with one attached hydrogen (secondary N) is 1. The van der Waals surface area contributed by atoms with Crippen LogP contribution in [0.25, 0.3) is 0 Å². The Labute approximate surface area is 158 Å². The van der Waals surface area contributed by atoms with Crippen LogP contribution in [0.5, 0.6) is 11.5 Å². The molecular weight excluding hydrogens is 342 g/mol. The smallest absolute Gasteiger partial charge is 0.225 e. The highest BCUT2D eigenvalue weighted by Gasteiger charge is 2.27. The van der Waals surface area contributed by atoms with Gasteiger partial charge in [-0.1, -0.05) is 6.07 Å². The third kappa shape index (κ3) is 4.19. The summed E-state index contributed by atoms with van der Waals surface area (Å²) >= 11 is 0. The Morgan fingerprint density at radius 1 is 1.15 bits per heavy atom. The SMILES string of the molecule is COc1cccc(OCCc2cc([C@@H]3CCN(c4ncccn4)C3)n[nH]2)c1. The summed E-state index contributed by atoms with van der Waals surface area (Å²) in [7, 11) is 1.65. The number of H-pyrrole nitrogens is 1. The summed E-state index contributed by atoms with van der Waals surface area (Å²) in [5.74, 6) is 2.80. The minimum Gasteiger partial charge on any atom is -0.497 e. The van der Waals surface area contributed by atoms with E-state index in [9.17, 15) is 0 Å². The zero-order valence-electron chi connectivity index (χ0n) is 15.3. The van der Waals surface area contributed by atoms with Crippen molar-refractivity contribution in [3.05, 3.63) is 60.2 Å². The molecule has 140 valence electrons. The van der Waals surface area contributed by atoms with Gasteiger partial charge in [0.2, 0.25) is 5.95 Å². The lowest BCUT2D eigenvalue weighted by Crippen LogP contribution is -2.21. The molecule has 1 aliphatic heterocycles. The van der Waals surface area contributed by atoms with Gasteiger partial charge in [0, 0.05) is 49.6 Å². The van der Waals surface area contributed by atoms with Crippen LogP contribution in [0.1, 0.15) is 23.7 Å². The first-order valence-electron chi connectivity index (χ1n) is 9.15. The molecule has 7 heteroatoms. The van der Waals surface area contributed by atoms with Crippen LogP contribution in [-0.2, 0) is 6.42 Å². The molecule has 0 amide bonds. The predicted molar refractivity (Wildman–Crippen MR) is 102 cm³/mol. The van der Waals surface area contributed by atoms with E-state index in [1.165, 1.54) is 0 Å². The molecule has 1 aliphatic rings. The monoisotopic (exact) mass is 365 g/mol. The first-order valence-corrected chi connectivity index (χ1v) is 9.15. The third-order valence-electron chi connectivity index (χ3n) is 4.77. The molecule has 1 saturated heterocycles. The second kappa shape index (κ2) is 8.07. The van der Waals surface area contributed by atoms with E-state index >= 15 is 0 Å². The largest absolute Gasteiger partial charge is 0.497 e. The Bertz CT molecular complexity index is 868. The zero-order chi connectivity index (χ0) is 18.5. The number of hydrogen-bond donors (Lipinski definition) is 1. The molecule has 1 aromatic carbocycles. The molecule has 0 aliphatic carbocycles. The van der Waals surface area contributed by atoms with Crippen LogP contribution < -0.4 is 14.4 Å². The lowest BCUT2D eigenvalue weighted by molar-refractivity contribution is 0.317. The van der Waals surface area contributed by atoms with Crippen LogP contribution in [0.4, 0.5) is 5.95 Å². The van der Waals surface area contributed by atoms with Crippen LogP contribution in [0.15, 0.2) is 48.8 Å². The van der Waals surface area contributed by atoms with Crippen molar-refractivity contribution in [2.45, 2.75) is 18.8 Å². The Morgan fingerprint density at radius 2 is 2.00 bits per heavy atom. The van der Waals surface area contributed by atoms with Gasteiger partial charge in [-0.3, -0.25) is 5.10 Å². The van der Waals surface area contributed by atoms with Crippen molar-refractivity contribution >= 4 is 5.95 Å². The topological polar surface area (TPSA) is 76.2 Å². The zero-order valence-corrected chi connectivity index (χ0v) is 15.3. The van der Waals surface area contributed by atoms with E-state index in [1.54, 1.807) is 19.5 Å². The molecule has 0 radical (unpaired) electrons. The summed E-state index contributed by atoms with van der Waals surface area (Å²) in [6.45, 7) is 2.44. The molecule has 3 aromatic rings. The third-order valence-corrected chi connectivity index (χ3v) is 4.77. The van der Waals surface area contributed by atoms with E-state index in [0.29, 0.717) is 12.5 Å². The highest BCUT2D eigenvalue weighted by atomic mass is 16.5. The average Bonchev–Trinajstić information content (AvgIpc) is 3.38. The lowest BCUT2D eigenvalue weighted by Gasteiger charge is -2.14. The molecule has 1 fully saturated rings. The van der Waals surface area contributed by atoms with Crippen LogP contribution in [0.3, 0.4) is 0 Å². The maximum absolute atomic E-state index is 5.81. The fourth-order valence-corrected chi connectivity index (χ4v) is 3.32. The number of benzene rings is 1. The second-order valence-corrected chi connectivity index (χ2v) is 6.58. The fourth-order valence-electron chi connectivity index (χ4n) is 3.32. The molecule has 27 heavy (non-hydrogen) atoms. The summed E-state index contributed by atoms with van der Waals surface area (Å²) in [5.41, 5.74) is 2.19. The molecule has 0 saturated carbocycles. The number of aromatic nitrogens is 4. The van der Waals surface area contributed by atoms with E-state index in [2.05, 4.69) is 31.1 Å². The molecule has 0 bridgehead atoms. The van der Waals surface area contributed by atoms with E-state index in [0.717, 1.165) is 54.8 Å². The van der Waals surface area contributed by atoms with Gasteiger partial charge in [-0.25, -0.2) is 9.97 Å². The fraction of sp³-hybridized carbons (Fsp3) is 0.350. The Balaban J connectivity index is 1.30. The molecule has 1 atom stereocenters. The minimum absolute atomic E-state index is 0.401. The van der Waals surface area contributed by atoms with Crippen molar-refractivity contribution in [1.29, 1.82) is 0 Å². The predicted octanol–water partition coefficient (Wildman–Crippen LogP) is 2.82. The van der Waals surface area contributed by atoms with Gasteiger partial charge in [0.25, 0.3) is 0 Å². The molecule has 2 aromatic heterocycles. The first-order chi connectivity index (χ1) is 13.3. The normalized spacial score (nSPS) is 16.5. The Hall–Kier alpha value is -3.09. The summed E-state index contributed by atoms with van der Waals surface area (Å²) in [5, 5.41) is 7.65. The van der Waals surface area contributed by atoms with Crippen molar-refractivity contribution in [1.82, 2.24) is 20.2 Å². The number of ether oxygens (including phenoxy) is 2. The molecule has 3 heterocycles. The van der Waals surface area contributed by atoms with Crippen molar-refractivity contribution in [2.24, 2.45) is 0 Å². The van der Waals surface area contributed by atoms with Gasteiger partial charge in [-0.15, -0.1) is 0 Å². The van der Waals surface area contributed by atoms with E-state index in [4.69, 9.17) is 9.47 Å². The van der Waals surface area contributed by atoms with Gasteiger partial charge in [-0.2, -0.15) is 5.10 Å². The average molecular weight is 365 g/mol. The molecule has 4 rings (SSSR count). The molecular formula is C20H23N5O2. The van der Waals surface area contributed by atoms with E-state index in [1.807, 2.05) is 30.3 Å². The van der Waals surface area contributed by atoms with Crippen molar-refractivity contribution in [3.63, 3.8) is 0 Å². The number of hydrogen-bond acceptors (Lipinski definition) is 6. The summed E-state index contributed by atoms with van der Waals surface area (Å²) < 4.78 is 11.0. The highest BCUT2D eigenvalue weighted by molar-refractivity contribution is 5.34. The van der Waals surface area contributed by atoms with Crippen LogP contribution in [-0.4, -0.2) is 47.0 Å². The Morgan fingerprint density at radius 3 is 2.85 bits per heavy atom. The minimum atomic E-state index is 0.401. The number of methoxy groups -OCH3 is 1. The van der Waals surface area contributed by atoms with Gasteiger partial charge in [-0.05, 0) is 30.7 Å². The summed E-state index contributed by atoms with van der Waals surface area (Å²) in [6.07, 6.45) is 5.40. The molecule has 1 N–H and O–H groups in total. The van der Waals surface area contributed by atoms with Crippen LogP contribution in [0, 0.1) is 0 Å². The molecule has 0 spiro atoms. The number of aromatic amines is 1. The quantitative estimate of drug-likeness (QED) is 0.694. The maximum atomic E-state index is 5.81.